The molecule has 1 saturated heterocycles. The maximum atomic E-state index is 13.1. The van der Waals surface area contributed by atoms with Gasteiger partial charge in [0.2, 0.25) is 15.9 Å². The fourth-order valence-corrected chi connectivity index (χ4v) is 5.72. The van der Waals surface area contributed by atoms with Crippen molar-refractivity contribution in [3.8, 4) is 0 Å². The molecule has 1 fully saturated rings. The van der Waals surface area contributed by atoms with Crippen molar-refractivity contribution in [2.45, 2.75) is 17.0 Å². The van der Waals surface area contributed by atoms with Crippen LogP contribution in [0.25, 0.3) is 10.2 Å². The molecule has 35 heavy (non-hydrogen) atoms. The molecule has 1 unspecified atom stereocenters. The lowest BCUT2D eigenvalue weighted by atomic mass is 10.1. The van der Waals surface area contributed by atoms with Crippen molar-refractivity contribution in [2.75, 3.05) is 39.4 Å². The van der Waals surface area contributed by atoms with E-state index in [0.717, 1.165) is 30.6 Å². The normalized spacial score (nSPS) is 16.4. The number of nitrogens with two attached hydrogens (primary N) is 1. The van der Waals surface area contributed by atoms with Gasteiger partial charge in [0.15, 0.2) is 0 Å². The van der Waals surface area contributed by atoms with Crippen molar-refractivity contribution >= 4 is 37.5 Å². The zero-order valence-electron chi connectivity index (χ0n) is 18.2. The number of benzene rings is 1. The number of amides is 1. The summed E-state index contributed by atoms with van der Waals surface area (Å²) in [5.74, 6) is -2.86. The highest BCUT2D eigenvalue weighted by Crippen LogP contribution is 2.33. The van der Waals surface area contributed by atoms with Gasteiger partial charge in [-0.3, -0.25) is 9.69 Å². The Kier molecular flexibility index (Phi) is 7.32. The molecule has 0 radical (unpaired) electrons. The molecule has 2 aromatic heterocycles. The monoisotopic (exact) mass is 530 g/mol. The molecule has 4 rings (SSSR count). The quantitative estimate of drug-likeness (QED) is 0.445. The molecule has 1 aromatic carbocycles. The summed E-state index contributed by atoms with van der Waals surface area (Å²) in [6.45, 7) is 3.42. The molecule has 1 amide bonds. The molecular weight excluding hydrogens is 509 g/mol. The van der Waals surface area contributed by atoms with Crippen LogP contribution in [-0.4, -0.2) is 73.6 Å². The molecule has 3 heterocycles. The van der Waals surface area contributed by atoms with Gasteiger partial charge in [-0.1, -0.05) is 0 Å². The second-order valence-corrected chi connectivity index (χ2v) is 10.5. The summed E-state index contributed by atoms with van der Waals surface area (Å²) in [6, 6.07) is 4.89. The fourth-order valence-electron chi connectivity index (χ4n) is 3.49. The van der Waals surface area contributed by atoms with Gasteiger partial charge in [-0.25, -0.2) is 28.1 Å². The highest BCUT2D eigenvalue weighted by Gasteiger charge is 2.35. The summed E-state index contributed by atoms with van der Waals surface area (Å²) in [5, 5.41) is 0.0571. The Morgan fingerprint density at radius 1 is 1.23 bits per heavy atom. The van der Waals surface area contributed by atoms with E-state index in [1.165, 1.54) is 18.2 Å². The molecule has 0 bridgehead atoms. The number of nitrogens with zero attached hydrogens (tertiary/aromatic N) is 4. The lowest BCUT2D eigenvalue weighted by Crippen LogP contribution is -2.41. The number of primary amides is 1. The fraction of sp³-hybridized carbons (Fsp3) is 0.400. The zero-order chi connectivity index (χ0) is 25.2. The van der Waals surface area contributed by atoms with Crippen LogP contribution >= 0.6 is 11.3 Å². The van der Waals surface area contributed by atoms with Crippen LogP contribution in [0.15, 0.2) is 35.4 Å². The number of fused-ring (bicyclic) bond motifs is 1. The largest absolute Gasteiger partial charge is 0.433 e. The maximum absolute atomic E-state index is 13.1. The van der Waals surface area contributed by atoms with Crippen LogP contribution in [0.3, 0.4) is 0 Å². The Balaban J connectivity index is 1.57. The van der Waals surface area contributed by atoms with Gasteiger partial charge >= 0.3 is 6.18 Å². The lowest BCUT2D eigenvalue weighted by Gasteiger charge is -2.26. The van der Waals surface area contributed by atoms with Crippen LogP contribution in [0.4, 0.5) is 13.2 Å². The van der Waals surface area contributed by atoms with Crippen LogP contribution in [0, 0.1) is 0 Å². The molecule has 3 N–H and O–H groups in total. The van der Waals surface area contributed by atoms with Crippen molar-refractivity contribution in [2.24, 2.45) is 5.73 Å². The second kappa shape index (κ2) is 10.1. The third-order valence-corrected chi connectivity index (χ3v) is 7.81. The summed E-state index contributed by atoms with van der Waals surface area (Å²) >= 11 is 0.931. The number of sulfonamides is 1. The van der Waals surface area contributed by atoms with E-state index in [2.05, 4.69) is 24.6 Å². The van der Waals surface area contributed by atoms with E-state index in [4.69, 9.17) is 10.5 Å². The number of hydrogen-bond acceptors (Lipinski definition) is 9. The third kappa shape index (κ3) is 5.92. The van der Waals surface area contributed by atoms with E-state index >= 15 is 0 Å². The number of thiazole rings is 1. The van der Waals surface area contributed by atoms with Crippen molar-refractivity contribution in [3.05, 3.63) is 47.0 Å². The number of aromatic nitrogens is 3. The number of hydrogen-bond donors (Lipinski definition) is 2. The predicted octanol–water partition coefficient (Wildman–Crippen LogP) is 1.33. The molecule has 10 nitrogen and oxygen atoms in total. The molecular formula is C20H21F3N6O4S2. The van der Waals surface area contributed by atoms with E-state index in [-0.39, 0.29) is 16.4 Å². The summed E-state index contributed by atoms with van der Waals surface area (Å²) < 4.78 is 72.9. The zero-order valence-corrected chi connectivity index (χ0v) is 19.8. The van der Waals surface area contributed by atoms with Gasteiger partial charge < -0.3 is 10.5 Å². The highest BCUT2D eigenvalue weighted by molar-refractivity contribution is 7.89. The Labute approximate surface area is 202 Å². The Morgan fingerprint density at radius 2 is 1.97 bits per heavy atom. The minimum absolute atomic E-state index is 0.00637. The van der Waals surface area contributed by atoms with Crippen LogP contribution in [0.1, 0.15) is 22.4 Å². The first kappa shape index (κ1) is 25.4. The molecule has 0 aliphatic carbocycles. The topological polar surface area (TPSA) is 140 Å². The van der Waals surface area contributed by atoms with Crippen molar-refractivity contribution in [1.29, 1.82) is 0 Å². The first-order valence-electron chi connectivity index (χ1n) is 10.4. The van der Waals surface area contributed by atoms with Crippen LogP contribution in [0.5, 0.6) is 0 Å². The summed E-state index contributed by atoms with van der Waals surface area (Å²) in [5.41, 5.74) is 4.59. The molecule has 1 aliphatic heterocycles. The van der Waals surface area contributed by atoms with E-state index in [0.29, 0.717) is 36.0 Å². The molecule has 3 aromatic rings. The minimum atomic E-state index is -4.73. The van der Waals surface area contributed by atoms with E-state index in [1.54, 1.807) is 0 Å². The third-order valence-electron chi connectivity index (χ3n) is 5.26. The van der Waals surface area contributed by atoms with E-state index < -0.39 is 39.5 Å². The van der Waals surface area contributed by atoms with Gasteiger partial charge in [0.25, 0.3) is 0 Å². The van der Waals surface area contributed by atoms with Crippen molar-refractivity contribution in [1.82, 2.24) is 24.6 Å². The maximum Gasteiger partial charge on any atom is 0.433 e. The van der Waals surface area contributed by atoms with Gasteiger partial charge in [-0.2, -0.15) is 13.2 Å². The predicted molar refractivity (Wildman–Crippen MR) is 120 cm³/mol. The Morgan fingerprint density at radius 3 is 2.66 bits per heavy atom. The first-order chi connectivity index (χ1) is 16.5. The standard InChI is InChI=1S/C20H21F3N6O4S2/c21-20(22,23)15-3-4-25-18(28-15)16(17(24)30)19-27-13-2-1-12(11-14(13)34-19)35(31,32)26-5-6-29-7-9-33-10-8-29/h1-4,11,16,26H,5-10H2,(H2,24,30). The minimum Gasteiger partial charge on any atom is -0.379 e. The summed E-state index contributed by atoms with van der Waals surface area (Å²) in [6.07, 6.45) is -3.84. The number of carbonyl (C=O) groups excluding carboxylic acids is 1. The number of rotatable bonds is 8. The van der Waals surface area contributed by atoms with Gasteiger partial charge in [-0.05, 0) is 24.3 Å². The average Bonchev–Trinajstić information content (AvgIpc) is 3.22. The lowest BCUT2D eigenvalue weighted by molar-refractivity contribution is -0.141. The van der Waals surface area contributed by atoms with Gasteiger partial charge in [-0.15, -0.1) is 11.3 Å². The Bertz CT molecular complexity index is 1330. The number of carbonyl (C=O) groups is 1. The molecule has 0 spiro atoms. The number of ether oxygens (including phenoxy) is 1. The van der Waals surface area contributed by atoms with Gasteiger partial charge in [0, 0.05) is 32.4 Å². The number of morpholine rings is 1. The molecule has 1 aliphatic rings. The molecule has 1 atom stereocenters. The summed E-state index contributed by atoms with van der Waals surface area (Å²) in [4.78, 5) is 25.7. The number of halogens is 3. The first-order valence-corrected chi connectivity index (χ1v) is 12.7. The average molecular weight is 531 g/mol. The van der Waals surface area contributed by atoms with Crippen LogP contribution in [0.2, 0.25) is 0 Å². The van der Waals surface area contributed by atoms with Crippen molar-refractivity contribution in [3.63, 3.8) is 0 Å². The van der Waals surface area contributed by atoms with Crippen LogP contribution in [-0.2, 0) is 25.7 Å². The second-order valence-electron chi connectivity index (χ2n) is 7.67. The summed E-state index contributed by atoms with van der Waals surface area (Å²) in [7, 11) is -3.82. The molecule has 0 saturated carbocycles. The van der Waals surface area contributed by atoms with Crippen LogP contribution < -0.4 is 10.5 Å². The highest BCUT2D eigenvalue weighted by atomic mass is 32.2. The number of nitrogens with one attached hydrogen (secondary N) is 1. The van der Waals surface area contributed by atoms with E-state index in [1.807, 2.05) is 0 Å². The van der Waals surface area contributed by atoms with Gasteiger partial charge in [0.1, 0.15) is 22.4 Å². The van der Waals surface area contributed by atoms with Gasteiger partial charge in [0.05, 0.1) is 28.3 Å². The smallest absolute Gasteiger partial charge is 0.379 e. The van der Waals surface area contributed by atoms with Crippen molar-refractivity contribution < 1.29 is 31.1 Å². The SMILES string of the molecule is NC(=O)C(c1nccc(C(F)(F)F)n1)c1nc2ccc(S(=O)(=O)NCCN3CCOCC3)cc2s1. The van der Waals surface area contributed by atoms with E-state index in [9.17, 15) is 26.4 Å². The molecule has 188 valence electrons. The molecule has 15 heteroatoms. The Hall–Kier alpha value is -2.72. The number of alkyl halides is 3.